The molecule has 12 heteroatoms. The van der Waals surface area contributed by atoms with E-state index in [-0.39, 0.29) is 24.2 Å². The molecule has 11 nitrogen and oxygen atoms in total. The number of nitrogens with zero attached hydrogens (tertiary/aromatic N) is 2. The Bertz CT molecular complexity index is 1120. The minimum Gasteiger partial charge on any atom is -0.455 e. The Hall–Kier alpha value is -3.99. The number of rotatable bonds is 7. The van der Waals surface area contributed by atoms with Crippen LogP contribution in [0.2, 0.25) is 5.02 Å². The largest absolute Gasteiger partial charge is 0.455 e. The molecule has 0 bridgehead atoms. The summed E-state index contributed by atoms with van der Waals surface area (Å²) in [5, 5.41) is 14.7. The van der Waals surface area contributed by atoms with Gasteiger partial charge in [0, 0.05) is 34.8 Å². The van der Waals surface area contributed by atoms with Crippen LogP contribution < -0.4 is 10.7 Å². The minimum atomic E-state index is -0.865. The number of halogens is 1. The number of hydrogen-bond acceptors (Lipinski definition) is 7. The van der Waals surface area contributed by atoms with Gasteiger partial charge in [-0.2, -0.15) is 0 Å². The maximum absolute atomic E-state index is 12.3. The summed E-state index contributed by atoms with van der Waals surface area (Å²) in [6, 6.07) is 9.78. The van der Waals surface area contributed by atoms with Gasteiger partial charge < -0.3 is 10.1 Å². The quantitative estimate of drug-likeness (QED) is 0.355. The number of ether oxygens (including phenoxy) is 1. The lowest BCUT2D eigenvalue weighted by Crippen LogP contribution is -2.43. The van der Waals surface area contributed by atoms with Gasteiger partial charge >= 0.3 is 5.97 Å². The van der Waals surface area contributed by atoms with Gasteiger partial charge in [-0.3, -0.25) is 39.7 Å². The summed E-state index contributed by atoms with van der Waals surface area (Å²) in [5.41, 5.74) is 3.58. The number of carbonyl (C=O) groups is 4. The molecule has 0 saturated carbocycles. The van der Waals surface area contributed by atoms with Crippen LogP contribution >= 0.6 is 11.6 Å². The average molecular weight is 475 g/mol. The molecule has 172 valence electrons. The number of carbonyl (C=O) groups excluding carboxylic acids is 4. The maximum Gasteiger partial charge on any atom is 0.311 e. The molecule has 2 aromatic carbocycles. The van der Waals surface area contributed by atoms with E-state index in [0.717, 1.165) is 22.7 Å². The van der Waals surface area contributed by atoms with Gasteiger partial charge in [-0.05, 0) is 36.8 Å². The molecule has 2 aromatic rings. The van der Waals surface area contributed by atoms with E-state index in [4.69, 9.17) is 16.3 Å². The molecule has 1 aliphatic heterocycles. The Labute approximate surface area is 192 Å². The Morgan fingerprint density at radius 1 is 1.21 bits per heavy atom. The standard InChI is InChI=1S/C21H19ClN4O7/c1-12-2-5-15(9-17(12)22)23-18(27)11-33-21(30)14-8-19(28)25(10-14)24-20(29)13-3-6-16(7-4-13)26(31)32/h2-7,9,14H,8,10-11H2,1H3,(H,23,27)(H,24,29)/t14-/m1/s1. The Morgan fingerprint density at radius 3 is 2.55 bits per heavy atom. The van der Waals surface area contributed by atoms with Crippen LogP contribution in [0.25, 0.3) is 0 Å². The van der Waals surface area contributed by atoms with Crippen LogP contribution in [-0.2, 0) is 19.1 Å². The van der Waals surface area contributed by atoms with Crippen molar-refractivity contribution in [2.45, 2.75) is 13.3 Å². The number of amides is 3. The molecule has 0 radical (unpaired) electrons. The number of non-ortho nitro benzene ring substituents is 1. The molecule has 1 saturated heterocycles. The number of nitrogens with one attached hydrogen (secondary N) is 2. The highest BCUT2D eigenvalue weighted by Gasteiger charge is 2.36. The Morgan fingerprint density at radius 2 is 1.91 bits per heavy atom. The molecule has 1 atom stereocenters. The van der Waals surface area contributed by atoms with Crippen LogP contribution in [0, 0.1) is 23.0 Å². The van der Waals surface area contributed by atoms with Crippen molar-refractivity contribution in [2.24, 2.45) is 5.92 Å². The fraction of sp³-hybridized carbons (Fsp3) is 0.238. The molecule has 0 spiro atoms. The lowest BCUT2D eigenvalue weighted by molar-refractivity contribution is -0.384. The highest BCUT2D eigenvalue weighted by molar-refractivity contribution is 6.31. The molecule has 2 N–H and O–H groups in total. The first-order chi connectivity index (χ1) is 15.6. The second-order valence-corrected chi connectivity index (χ2v) is 7.68. The average Bonchev–Trinajstić information content (AvgIpc) is 3.15. The maximum atomic E-state index is 12.3. The molecule has 3 amide bonds. The molecule has 0 aromatic heterocycles. The number of aryl methyl sites for hydroxylation is 1. The predicted molar refractivity (Wildman–Crippen MR) is 116 cm³/mol. The molecule has 0 unspecified atom stereocenters. The first-order valence-corrected chi connectivity index (χ1v) is 10.1. The third kappa shape index (κ3) is 6.04. The lowest BCUT2D eigenvalue weighted by Gasteiger charge is -2.17. The number of hydrogen-bond donors (Lipinski definition) is 2. The van der Waals surface area contributed by atoms with Crippen molar-refractivity contribution in [1.29, 1.82) is 0 Å². The van der Waals surface area contributed by atoms with Crippen LogP contribution in [0.4, 0.5) is 11.4 Å². The molecule has 3 rings (SSSR count). The van der Waals surface area contributed by atoms with Gasteiger partial charge in [-0.1, -0.05) is 17.7 Å². The first kappa shape index (κ1) is 23.7. The first-order valence-electron chi connectivity index (χ1n) is 9.72. The molecule has 1 heterocycles. The normalized spacial score (nSPS) is 15.2. The van der Waals surface area contributed by atoms with E-state index in [2.05, 4.69) is 10.7 Å². The summed E-state index contributed by atoms with van der Waals surface area (Å²) in [5.74, 6) is -3.37. The number of esters is 1. The second kappa shape index (κ2) is 10.1. The van der Waals surface area contributed by atoms with Crippen molar-refractivity contribution < 1.29 is 28.8 Å². The Kier molecular flexibility index (Phi) is 7.23. The zero-order valence-corrected chi connectivity index (χ0v) is 18.1. The van der Waals surface area contributed by atoms with Crippen molar-refractivity contribution in [3.8, 4) is 0 Å². The molecular formula is C21H19ClN4O7. The third-order valence-corrected chi connectivity index (χ3v) is 5.24. The minimum absolute atomic E-state index is 0.104. The molecule has 33 heavy (non-hydrogen) atoms. The summed E-state index contributed by atoms with van der Waals surface area (Å²) >= 11 is 6.00. The van der Waals surface area contributed by atoms with Crippen LogP contribution in [0.1, 0.15) is 22.3 Å². The Balaban J connectivity index is 1.48. The third-order valence-electron chi connectivity index (χ3n) is 4.84. The van der Waals surface area contributed by atoms with Gasteiger partial charge in [0.05, 0.1) is 17.4 Å². The summed E-state index contributed by atoms with van der Waals surface area (Å²) in [6.07, 6.45) is -0.200. The predicted octanol–water partition coefficient (Wildman–Crippen LogP) is 2.23. The van der Waals surface area contributed by atoms with Gasteiger partial charge in [0.2, 0.25) is 5.91 Å². The van der Waals surface area contributed by atoms with Gasteiger partial charge in [-0.25, -0.2) is 0 Å². The van der Waals surface area contributed by atoms with E-state index < -0.39 is 41.1 Å². The highest BCUT2D eigenvalue weighted by Crippen LogP contribution is 2.21. The molecule has 1 fully saturated rings. The smallest absolute Gasteiger partial charge is 0.311 e. The van der Waals surface area contributed by atoms with Crippen molar-refractivity contribution in [3.05, 3.63) is 68.7 Å². The van der Waals surface area contributed by atoms with Crippen molar-refractivity contribution in [3.63, 3.8) is 0 Å². The van der Waals surface area contributed by atoms with E-state index in [1.54, 1.807) is 18.2 Å². The number of anilines is 1. The fourth-order valence-electron chi connectivity index (χ4n) is 3.02. The number of nitro groups is 1. The van der Waals surface area contributed by atoms with Crippen LogP contribution in [0.3, 0.4) is 0 Å². The molecular weight excluding hydrogens is 456 g/mol. The number of nitro benzene ring substituents is 1. The number of benzene rings is 2. The summed E-state index contributed by atoms with van der Waals surface area (Å²) in [7, 11) is 0. The van der Waals surface area contributed by atoms with E-state index in [0.29, 0.717) is 10.7 Å². The summed E-state index contributed by atoms with van der Waals surface area (Å²) in [6.45, 7) is 1.13. The van der Waals surface area contributed by atoms with Crippen molar-refractivity contribution >= 4 is 46.7 Å². The fourth-order valence-corrected chi connectivity index (χ4v) is 3.20. The van der Waals surface area contributed by atoms with Crippen LogP contribution in [0.15, 0.2) is 42.5 Å². The van der Waals surface area contributed by atoms with E-state index >= 15 is 0 Å². The van der Waals surface area contributed by atoms with Crippen LogP contribution in [-0.4, -0.2) is 46.8 Å². The van der Waals surface area contributed by atoms with Gasteiger partial charge in [0.25, 0.3) is 17.5 Å². The number of hydrazine groups is 1. The van der Waals surface area contributed by atoms with Gasteiger partial charge in [0.15, 0.2) is 6.61 Å². The van der Waals surface area contributed by atoms with Gasteiger partial charge in [0.1, 0.15) is 0 Å². The zero-order chi connectivity index (χ0) is 24.1. The van der Waals surface area contributed by atoms with Crippen molar-refractivity contribution in [2.75, 3.05) is 18.5 Å². The van der Waals surface area contributed by atoms with Gasteiger partial charge in [-0.15, -0.1) is 0 Å². The SMILES string of the molecule is Cc1ccc(NC(=O)COC(=O)[C@@H]2CC(=O)N(NC(=O)c3ccc([N+](=O)[O-])cc3)C2)cc1Cl. The van der Waals surface area contributed by atoms with Crippen molar-refractivity contribution in [1.82, 2.24) is 10.4 Å². The van der Waals surface area contributed by atoms with E-state index in [9.17, 15) is 29.3 Å². The molecule has 1 aliphatic rings. The van der Waals surface area contributed by atoms with Crippen LogP contribution in [0.5, 0.6) is 0 Å². The molecule has 0 aliphatic carbocycles. The highest BCUT2D eigenvalue weighted by atomic mass is 35.5. The summed E-state index contributed by atoms with van der Waals surface area (Å²) in [4.78, 5) is 58.8. The summed E-state index contributed by atoms with van der Waals surface area (Å²) < 4.78 is 5.00. The second-order valence-electron chi connectivity index (χ2n) is 7.27. The topological polar surface area (TPSA) is 148 Å². The zero-order valence-electron chi connectivity index (χ0n) is 17.4. The van der Waals surface area contributed by atoms with E-state index in [1.807, 2.05) is 6.92 Å². The van der Waals surface area contributed by atoms with E-state index in [1.165, 1.54) is 12.1 Å². The lowest BCUT2D eigenvalue weighted by atomic mass is 10.1. The monoisotopic (exact) mass is 474 g/mol.